The van der Waals surface area contributed by atoms with E-state index in [0.29, 0.717) is 0 Å². The monoisotopic (exact) mass is 310 g/mol. The van der Waals surface area contributed by atoms with Crippen molar-refractivity contribution < 1.29 is 0 Å². The lowest BCUT2D eigenvalue weighted by Crippen LogP contribution is -2.02. The van der Waals surface area contributed by atoms with Crippen LogP contribution in [-0.2, 0) is 6.42 Å². The summed E-state index contributed by atoms with van der Waals surface area (Å²) in [6, 6.07) is 26.3. The third-order valence-electron chi connectivity index (χ3n) is 5.05. The fourth-order valence-electron chi connectivity index (χ4n) is 3.68. The number of hydrogen-bond acceptors (Lipinski definition) is 0. The Morgan fingerprint density at radius 3 is 2.38 bits per heavy atom. The van der Waals surface area contributed by atoms with Crippen LogP contribution in [0, 0.1) is 0 Å². The second-order valence-electron chi connectivity index (χ2n) is 6.61. The number of fused-ring (bicyclic) bond motifs is 1. The standard InChI is InChI=1S/C24H22/c1-18-21(16-19-8-3-2-4-9-19)12-7-13-24(18)23-15-14-20-10-5-6-11-22(20)17-23/h2-6,8-11,13-15,17H,7,12,16H2,1H3. The van der Waals surface area contributed by atoms with E-state index in [4.69, 9.17) is 0 Å². The van der Waals surface area contributed by atoms with Gasteiger partial charge >= 0.3 is 0 Å². The third-order valence-corrected chi connectivity index (χ3v) is 5.05. The van der Waals surface area contributed by atoms with Crippen LogP contribution in [0.4, 0.5) is 0 Å². The summed E-state index contributed by atoms with van der Waals surface area (Å²) in [4.78, 5) is 0. The maximum atomic E-state index is 2.41. The van der Waals surface area contributed by atoms with Crippen molar-refractivity contribution in [3.8, 4) is 0 Å². The highest BCUT2D eigenvalue weighted by Crippen LogP contribution is 2.34. The van der Waals surface area contributed by atoms with Gasteiger partial charge in [-0.1, -0.05) is 78.4 Å². The van der Waals surface area contributed by atoms with Gasteiger partial charge in [-0.15, -0.1) is 0 Å². The summed E-state index contributed by atoms with van der Waals surface area (Å²) in [6.45, 7) is 2.29. The molecule has 3 aromatic carbocycles. The zero-order valence-corrected chi connectivity index (χ0v) is 14.1. The molecule has 1 aliphatic rings. The van der Waals surface area contributed by atoms with Crippen molar-refractivity contribution in [1.29, 1.82) is 0 Å². The Kier molecular flexibility index (Phi) is 4.04. The van der Waals surface area contributed by atoms with Crippen molar-refractivity contribution in [2.45, 2.75) is 26.2 Å². The molecule has 0 bridgehead atoms. The fraction of sp³-hybridized carbons (Fsp3) is 0.167. The van der Waals surface area contributed by atoms with Crippen molar-refractivity contribution in [1.82, 2.24) is 0 Å². The van der Waals surface area contributed by atoms with Gasteiger partial charge in [-0.3, -0.25) is 0 Å². The van der Waals surface area contributed by atoms with Gasteiger partial charge in [0.1, 0.15) is 0 Å². The van der Waals surface area contributed by atoms with Crippen LogP contribution in [0.1, 0.15) is 30.9 Å². The first-order chi connectivity index (χ1) is 11.8. The second kappa shape index (κ2) is 6.49. The highest BCUT2D eigenvalue weighted by Gasteiger charge is 2.14. The van der Waals surface area contributed by atoms with Crippen LogP contribution < -0.4 is 0 Å². The molecule has 0 spiro atoms. The number of allylic oxidation sites excluding steroid dienone is 4. The van der Waals surface area contributed by atoms with Crippen LogP contribution in [0.5, 0.6) is 0 Å². The van der Waals surface area contributed by atoms with Gasteiger partial charge in [0.15, 0.2) is 0 Å². The normalized spacial score (nSPS) is 14.8. The first-order valence-electron chi connectivity index (χ1n) is 8.73. The first kappa shape index (κ1) is 15.0. The van der Waals surface area contributed by atoms with Gasteiger partial charge in [-0.25, -0.2) is 0 Å². The molecule has 0 heteroatoms. The van der Waals surface area contributed by atoms with E-state index in [2.05, 4.69) is 85.8 Å². The SMILES string of the molecule is CC1=C(Cc2ccccc2)CCC=C1c1ccc2ccccc2c1. The van der Waals surface area contributed by atoms with Crippen LogP contribution >= 0.6 is 0 Å². The van der Waals surface area contributed by atoms with Gasteiger partial charge in [0.2, 0.25) is 0 Å². The predicted molar refractivity (Wildman–Crippen MR) is 104 cm³/mol. The molecule has 118 valence electrons. The maximum absolute atomic E-state index is 2.41. The largest absolute Gasteiger partial charge is 0.0761 e. The van der Waals surface area contributed by atoms with Crippen LogP contribution in [0.15, 0.2) is 90.0 Å². The smallest absolute Gasteiger partial charge is 0.00611 e. The van der Waals surface area contributed by atoms with E-state index in [1.807, 2.05) is 0 Å². The molecular weight excluding hydrogens is 288 g/mol. The van der Waals surface area contributed by atoms with E-state index in [0.717, 1.165) is 12.8 Å². The summed E-state index contributed by atoms with van der Waals surface area (Å²) in [6.07, 6.45) is 5.80. The zero-order chi connectivity index (χ0) is 16.4. The van der Waals surface area contributed by atoms with Crippen molar-refractivity contribution >= 4 is 16.3 Å². The Morgan fingerprint density at radius 1 is 0.792 bits per heavy atom. The maximum Gasteiger partial charge on any atom is -0.00611 e. The summed E-state index contributed by atoms with van der Waals surface area (Å²) in [5.74, 6) is 0. The van der Waals surface area contributed by atoms with Crippen LogP contribution in [-0.4, -0.2) is 0 Å². The number of hydrogen-bond donors (Lipinski definition) is 0. The Balaban J connectivity index is 1.70. The lowest BCUT2D eigenvalue weighted by Gasteiger charge is -2.20. The summed E-state index contributed by atoms with van der Waals surface area (Å²) in [5.41, 5.74) is 7.20. The molecule has 1 aliphatic carbocycles. The van der Waals surface area contributed by atoms with E-state index in [-0.39, 0.29) is 0 Å². The van der Waals surface area contributed by atoms with Gasteiger partial charge in [-0.2, -0.15) is 0 Å². The average Bonchev–Trinajstić information content (AvgIpc) is 2.64. The van der Waals surface area contributed by atoms with Crippen molar-refractivity contribution in [2.75, 3.05) is 0 Å². The predicted octanol–water partition coefficient (Wildman–Crippen LogP) is 6.58. The molecule has 0 radical (unpaired) electrons. The molecule has 3 aromatic rings. The molecule has 0 unspecified atom stereocenters. The Morgan fingerprint density at radius 2 is 1.54 bits per heavy atom. The molecule has 4 rings (SSSR count). The van der Waals surface area contributed by atoms with Crippen molar-refractivity contribution in [2.24, 2.45) is 0 Å². The van der Waals surface area contributed by atoms with Gasteiger partial charge in [0.25, 0.3) is 0 Å². The van der Waals surface area contributed by atoms with Gasteiger partial charge in [-0.05, 0) is 65.3 Å². The molecule has 0 saturated carbocycles. The molecule has 0 aliphatic heterocycles. The van der Waals surface area contributed by atoms with Crippen molar-refractivity contribution in [3.05, 3.63) is 101 Å². The summed E-state index contributed by atoms with van der Waals surface area (Å²) in [7, 11) is 0. The average molecular weight is 310 g/mol. The number of rotatable bonds is 3. The third kappa shape index (κ3) is 2.92. The van der Waals surface area contributed by atoms with Gasteiger partial charge < -0.3 is 0 Å². The minimum absolute atomic E-state index is 1.07. The Labute approximate surface area is 144 Å². The molecule has 0 aromatic heterocycles. The van der Waals surface area contributed by atoms with Crippen LogP contribution in [0.3, 0.4) is 0 Å². The topological polar surface area (TPSA) is 0 Å². The van der Waals surface area contributed by atoms with E-state index in [1.165, 1.54) is 39.5 Å². The first-order valence-corrected chi connectivity index (χ1v) is 8.73. The van der Waals surface area contributed by atoms with E-state index >= 15 is 0 Å². The van der Waals surface area contributed by atoms with Crippen LogP contribution in [0.25, 0.3) is 16.3 Å². The molecule has 0 fully saturated rings. The zero-order valence-electron chi connectivity index (χ0n) is 14.1. The second-order valence-corrected chi connectivity index (χ2v) is 6.61. The van der Waals surface area contributed by atoms with E-state index < -0.39 is 0 Å². The minimum Gasteiger partial charge on any atom is -0.0761 e. The molecule has 0 nitrogen and oxygen atoms in total. The fourth-order valence-corrected chi connectivity index (χ4v) is 3.68. The molecule has 24 heavy (non-hydrogen) atoms. The van der Waals surface area contributed by atoms with Crippen molar-refractivity contribution in [3.63, 3.8) is 0 Å². The molecular formula is C24H22. The number of benzene rings is 3. The van der Waals surface area contributed by atoms with Gasteiger partial charge in [0.05, 0.1) is 0 Å². The Hall–Kier alpha value is -2.60. The highest BCUT2D eigenvalue weighted by molar-refractivity contribution is 5.89. The summed E-state index contributed by atoms with van der Waals surface area (Å²) < 4.78 is 0. The Bertz CT molecular complexity index is 926. The van der Waals surface area contributed by atoms with E-state index in [9.17, 15) is 0 Å². The quantitative estimate of drug-likeness (QED) is 0.513. The lowest BCUT2D eigenvalue weighted by atomic mass is 9.84. The molecule has 0 saturated heterocycles. The molecule has 0 N–H and O–H groups in total. The molecule has 0 heterocycles. The molecule has 0 atom stereocenters. The van der Waals surface area contributed by atoms with E-state index in [1.54, 1.807) is 5.57 Å². The lowest BCUT2D eigenvalue weighted by molar-refractivity contribution is 0.895. The summed E-state index contributed by atoms with van der Waals surface area (Å²) in [5, 5.41) is 2.63. The minimum atomic E-state index is 1.07. The summed E-state index contributed by atoms with van der Waals surface area (Å²) >= 11 is 0. The van der Waals surface area contributed by atoms with Crippen LogP contribution in [0.2, 0.25) is 0 Å². The van der Waals surface area contributed by atoms with Gasteiger partial charge in [0, 0.05) is 0 Å². The highest BCUT2D eigenvalue weighted by atomic mass is 14.2. The molecule has 0 amide bonds.